The van der Waals surface area contributed by atoms with Gasteiger partial charge in [-0.3, -0.25) is 4.68 Å². The summed E-state index contributed by atoms with van der Waals surface area (Å²) in [6.07, 6.45) is 3.43. The lowest BCUT2D eigenvalue weighted by Gasteiger charge is -2.12. The second kappa shape index (κ2) is 3.71. The average Bonchev–Trinajstić information content (AvgIpc) is 2.71. The minimum absolute atomic E-state index is 0.0116. The normalized spacial score (nSPS) is 27.4. The van der Waals surface area contributed by atoms with E-state index in [4.69, 9.17) is 4.74 Å². The number of aliphatic hydroxyl groups excluding tert-OH is 1. The largest absolute Gasteiger partial charge is 0.388 e. The molecule has 78 valence electrons. The van der Waals surface area contributed by atoms with Crippen molar-refractivity contribution in [1.82, 2.24) is 9.78 Å². The summed E-state index contributed by atoms with van der Waals surface area (Å²) in [7, 11) is 0. The Morgan fingerprint density at radius 1 is 1.57 bits per heavy atom. The first kappa shape index (κ1) is 9.68. The predicted molar refractivity (Wildman–Crippen MR) is 52.2 cm³/mol. The lowest BCUT2D eigenvalue weighted by molar-refractivity contribution is 0.118. The molecule has 0 bridgehead atoms. The highest BCUT2D eigenvalue weighted by molar-refractivity contribution is 5.09. The minimum atomic E-state index is -0.421. The van der Waals surface area contributed by atoms with Crippen molar-refractivity contribution in [2.24, 2.45) is 0 Å². The van der Waals surface area contributed by atoms with Gasteiger partial charge in [0.15, 0.2) is 0 Å². The fourth-order valence-corrected chi connectivity index (χ4v) is 1.62. The lowest BCUT2D eigenvalue weighted by Crippen LogP contribution is -2.22. The molecule has 4 nitrogen and oxygen atoms in total. The Morgan fingerprint density at radius 2 is 2.36 bits per heavy atom. The van der Waals surface area contributed by atoms with Gasteiger partial charge in [0.2, 0.25) is 0 Å². The highest BCUT2D eigenvalue weighted by Crippen LogP contribution is 2.21. The van der Waals surface area contributed by atoms with Crippen molar-refractivity contribution in [3.63, 3.8) is 0 Å². The van der Waals surface area contributed by atoms with E-state index in [1.165, 1.54) is 5.56 Å². The molecule has 1 fully saturated rings. The van der Waals surface area contributed by atoms with E-state index in [1.54, 1.807) is 0 Å². The molecule has 1 saturated heterocycles. The van der Waals surface area contributed by atoms with Crippen LogP contribution in [0.15, 0.2) is 12.4 Å². The topological polar surface area (TPSA) is 47.3 Å². The number of rotatable bonds is 2. The zero-order valence-corrected chi connectivity index (χ0v) is 8.55. The Bertz CT molecular complexity index is 309. The summed E-state index contributed by atoms with van der Waals surface area (Å²) in [6, 6.07) is -0.0116. The van der Waals surface area contributed by atoms with E-state index in [0.717, 1.165) is 0 Å². The summed E-state index contributed by atoms with van der Waals surface area (Å²) in [5, 5.41) is 13.9. The van der Waals surface area contributed by atoms with Crippen LogP contribution >= 0.6 is 0 Å². The van der Waals surface area contributed by atoms with Crippen LogP contribution in [0.3, 0.4) is 0 Å². The van der Waals surface area contributed by atoms with Crippen molar-refractivity contribution in [2.75, 3.05) is 13.2 Å². The summed E-state index contributed by atoms with van der Waals surface area (Å²) in [6.45, 7) is 5.23. The van der Waals surface area contributed by atoms with E-state index in [0.29, 0.717) is 19.1 Å². The Kier molecular flexibility index (Phi) is 2.56. The van der Waals surface area contributed by atoms with Crippen molar-refractivity contribution in [1.29, 1.82) is 0 Å². The SMILES string of the molecule is CC(C)c1cnn(C2COC[C@H]2O)c1. The third-order valence-electron chi connectivity index (χ3n) is 2.65. The van der Waals surface area contributed by atoms with Gasteiger partial charge in [-0.1, -0.05) is 13.8 Å². The van der Waals surface area contributed by atoms with E-state index in [-0.39, 0.29) is 6.04 Å². The van der Waals surface area contributed by atoms with Crippen molar-refractivity contribution >= 4 is 0 Å². The molecule has 0 saturated carbocycles. The van der Waals surface area contributed by atoms with Crippen molar-refractivity contribution in [3.8, 4) is 0 Å². The second-order valence-corrected chi connectivity index (χ2v) is 4.08. The van der Waals surface area contributed by atoms with Crippen LogP contribution in [0.4, 0.5) is 0 Å². The molecule has 2 atom stereocenters. The van der Waals surface area contributed by atoms with Gasteiger partial charge in [-0.2, -0.15) is 5.10 Å². The molecule has 1 aromatic rings. The first-order chi connectivity index (χ1) is 6.68. The smallest absolute Gasteiger partial charge is 0.103 e. The van der Waals surface area contributed by atoms with Crippen molar-refractivity contribution in [3.05, 3.63) is 18.0 Å². The molecule has 1 aliphatic heterocycles. The molecular weight excluding hydrogens is 180 g/mol. The fraction of sp³-hybridized carbons (Fsp3) is 0.700. The van der Waals surface area contributed by atoms with Gasteiger partial charge >= 0.3 is 0 Å². The summed E-state index contributed by atoms with van der Waals surface area (Å²) >= 11 is 0. The van der Waals surface area contributed by atoms with Crippen molar-refractivity contribution in [2.45, 2.75) is 31.9 Å². The maximum Gasteiger partial charge on any atom is 0.103 e. The molecule has 0 aromatic carbocycles. The van der Waals surface area contributed by atoms with Crippen LogP contribution in [0.5, 0.6) is 0 Å². The van der Waals surface area contributed by atoms with Crippen LogP contribution in [0.25, 0.3) is 0 Å². The van der Waals surface area contributed by atoms with E-state index >= 15 is 0 Å². The minimum Gasteiger partial charge on any atom is -0.388 e. The van der Waals surface area contributed by atoms with Crippen LogP contribution in [-0.2, 0) is 4.74 Å². The lowest BCUT2D eigenvalue weighted by atomic mass is 10.1. The molecule has 0 radical (unpaired) electrons. The molecule has 0 amide bonds. The first-order valence-electron chi connectivity index (χ1n) is 4.98. The van der Waals surface area contributed by atoms with Gasteiger partial charge in [-0.15, -0.1) is 0 Å². The maximum absolute atomic E-state index is 9.60. The third-order valence-corrected chi connectivity index (χ3v) is 2.65. The van der Waals surface area contributed by atoms with Gasteiger partial charge in [0.25, 0.3) is 0 Å². The number of aromatic nitrogens is 2. The second-order valence-electron chi connectivity index (χ2n) is 4.08. The number of ether oxygens (including phenoxy) is 1. The van der Waals surface area contributed by atoms with E-state index in [1.807, 2.05) is 17.1 Å². The number of hydrogen-bond acceptors (Lipinski definition) is 3. The zero-order chi connectivity index (χ0) is 10.1. The summed E-state index contributed by atoms with van der Waals surface area (Å²) < 4.78 is 7.00. The van der Waals surface area contributed by atoms with Crippen LogP contribution in [-0.4, -0.2) is 34.2 Å². The Balaban J connectivity index is 2.16. The molecule has 1 aliphatic rings. The van der Waals surface area contributed by atoms with Gasteiger partial charge in [-0.25, -0.2) is 0 Å². The molecular formula is C10H16N2O2. The van der Waals surface area contributed by atoms with E-state index < -0.39 is 6.10 Å². The van der Waals surface area contributed by atoms with E-state index in [2.05, 4.69) is 18.9 Å². The van der Waals surface area contributed by atoms with Crippen LogP contribution in [0, 0.1) is 0 Å². The zero-order valence-electron chi connectivity index (χ0n) is 8.55. The maximum atomic E-state index is 9.60. The van der Waals surface area contributed by atoms with Gasteiger partial charge in [0, 0.05) is 6.20 Å². The molecule has 0 spiro atoms. The summed E-state index contributed by atoms with van der Waals surface area (Å²) in [5.74, 6) is 0.475. The van der Waals surface area contributed by atoms with Gasteiger partial charge in [0.1, 0.15) is 12.1 Å². The molecule has 4 heteroatoms. The third kappa shape index (κ3) is 1.67. The molecule has 1 unspecified atom stereocenters. The number of hydrogen-bond donors (Lipinski definition) is 1. The molecule has 1 aromatic heterocycles. The van der Waals surface area contributed by atoms with Gasteiger partial charge in [0.05, 0.1) is 19.4 Å². The fourth-order valence-electron chi connectivity index (χ4n) is 1.62. The Labute approximate surface area is 83.5 Å². The number of nitrogens with zero attached hydrogens (tertiary/aromatic N) is 2. The average molecular weight is 196 g/mol. The van der Waals surface area contributed by atoms with Crippen LogP contribution in [0.2, 0.25) is 0 Å². The standard InChI is InChI=1S/C10H16N2O2/c1-7(2)8-3-11-12(4-8)9-5-14-6-10(9)13/h3-4,7,9-10,13H,5-6H2,1-2H3/t9?,10-/m1/s1. The van der Waals surface area contributed by atoms with Crippen LogP contribution in [0.1, 0.15) is 31.4 Å². The van der Waals surface area contributed by atoms with Gasteiger partial charge < -0.3 is 9.84 Å². The van der Waals surface area contributed by atoms with E-state index in [9.17, 15) is 5.11 Å². The summed E-state index contributed by atoms with van der Waals surface area (Å²) in [5.41, 5.74) is 1.20. The monoisotopic (exact) mass is 196 g/mol. The number of aliphatic hydroxyl groups is 1. The highest BCUT2D eigenvalue weighted by atomic mass is 16.5. The molecule has 1 N–H and O–H groups in total. The summed E-state index contributed by atoms with van der Waals surface area (Å²) in [4.78, 5) is 0. The molecule has 2 rings (SSSR count). The quantitative estimate of drug-likeness (QED) is 0.765. The first-order valence-corrected chi connectivity index (χ1v) is 4.98. The Morgan fingerprint density at radius 3 is 2.86 bits per heavy atom. The van der Waals surface area contributed by atoms with Crippen LogP contribution < -0.4 is 0 Å². The Hall–Kier alpha value is -0.870. The molecule has 2 heterocycles. The predicted octanol–water partition coefficient (Wildman–Crippen LogP) is 0.939. The van der Waals surface area contributed by atoms with Gasteiger partial charge in [-0.05, 0) is 11.5 Å². The molecule has 14 heavy (non-hydrogen) atoms. The highest BCUT2D eigenvalue weighted by Gasteiger charge is 2.28. The van der Waals surface area contributed by atoms with Crippen molar-refractivity contribution < 1.29 is 9.84 Å². The molecule has 0 aliphatic carbocycles.